The Morgan fingerprint density at radius 2 is 1.30 bits per heavy atom. The average Bonchev–Trinajstić information content (AvgIpc) is 2.67. The number of rotatable bonds is 9. The van der Waals surface area contributed by atoms with Crippen LogP contribution in [0.25, 0.3) is 0 Å². The second kappa shape index (κ2) is 14.3. The topological polar surface area (TPSA) is 119 Å². The van der Waals surface area contributed by atoms with E-state index < -0.39 is 27.0 Å². The fraction of sp³-hybridized carbons (Fsp3) is 0.333. The molecule has 0 aromatic heterocycles. The number of hydrogen-bond donors (Lipinski definition) is 0. The van der Waals surface area contributed by atoms with Crippen LogP contribution in [0.3, 0.4) is 0 Å². The van der Waals surface area contributed by atoms with Crippen LogP contribution < -0.4 is 0 Å². The van der Waals surface area contributed by atoms with Crippen LogP contribution in [0.4, 0.5) is 0 Å². The molecule has 0 bridgehead atoms. The highest BCUT2D eigenvalue weighted by molar-refractivity contribution is 7.85. The van der Waals surface area contributed by atoms with Crippen LogP contribution in [0.1, 0.15) is 55.8 Å². The normalized spacial score (nSPS) is 9.90. The first-order valence-corrected chi connectivity index (χ1v) is 9.40. The molecule has 168 valence electrons. The maximum Gasteiger partial charge on any atom is 0.373 e. The van der Waals surface area contributed by atoms with E-state index in [-0.39, 0.29) is 41.1 Å². The van der Waals surface area contributed by atoms with E-state index in [0.29, 0.717) is 18.4 Å². The van der Waals surface area contributed by atoms with Crippen molar-refractivity contribution in [1.29, 1.82) is 0 Å². The molecule has 0 aliphatic carbocycles. The Kier molecular flexibility index (Phi) is 14.0. The first-order valence-electron chi connectivity index (χ1n) is 8.00. The highest BCUT2D eigenvalue weighted by Crippen LogP contribution is 2.11. The smallest absolute Gasteiger partial charge is 0.373 e. The quantitative estimate of drug-likeness (QED) is 0.186. The molecular weight excluding hydrogens is 412 g/mol. The Labute approximate surface area is 178 Å². The monoisotopic (exact) mass is 441 g/mol. The molecule has 0 saturated heterocycles. The van der Waals surface area contributed by atoms with Gasteiger partial charge in [-0.25, -0.2) is 18.0 Å². The van der Waals surface area contributed by atoms with Crippen LogP contribution in [-0.2, 0) is 24.6 Å². The Morgan fingerprint density at radius 1 is 0.767 bits per heavy atom. The van der Waals surface area contributed by atoms with Gasteiger partial charge in [-0.3, -0.25) is 4.89 Å². The molecule has 9 heteroatoms. The molecule has 0 atom stereocenters. The van der Waals surface area contributed by atoms with E-state index in [9.17, 15) is 22.6 Å². The third kappa shape index (κ3) is 9.64. The van der Waals surface area contributed by atoms with Crippen molar-refractivity contribution in [1.82, 2.24) is 0 Å². The van der Waals surface area contributed by atoms with Crippen LogP contribution in [-0.4, -0.2) is 38.1 Å². The Bertz CT molecular complexity index is 862. The first kappa shape index (κ1) is 29.5. The SMILES string of the molecule is C.C.C.O=C(OCCCCOOC(=O)c1ccc(S(=O)(=O)[O-])cc1)c1ccccc1. The van der Waals surface area contributed by atoms with Gasteiger partial charge in [0.15, 0.2) is 0 Å². The second-order valence-corrected chi connectivity index (χ2v) is 6.76. The molecule has 0 unspecified atom stereocenters. The van der Waals surface area contributed by atoms with Gasteiger partial charge >= 0.3 is 11.9 Å². The molecule has 30 heavy (non-hydrogen) atoms. The third-order valence-corrected chi connectivity index (χ3v) is 4.23. The summed E-state index contributed by atoms with van der Waals surface area (Å²) in [6.07, 6.45) is 1.01. The van der Waals surface area contributed by atoms with E-state index in [2.05, 4.69) is 4.89 Å². The number of carbonyl (C=O) groups is 2. The maximum absolute atomic E-state index is 11.7. The van der Waals surface area contributed by atoms with Gasteiger partial charge in [0.1, 0.15) is 10.1 Å². The molecule has 2 aromatic rings. The van der Waals surface area contributed by atoms with Gasteiger partial charge in [0.2, 0.25) is 0 Å². The highest BCUT2D eigenvalue weighted by Gasteiger charge is 2.10. The number of hydrogen-bond acceptors (Lipinski definition) is 8. The minimum atomic E-state index is -4.57. The predicted molar refractivity (Wildman–Crippen MR) is 112 cm³/mol. The summed E-state index contributed by atoms with van der Waals surface area (Å²) in [6.45, 7) is 0.303. The van der Waals surface area contributed by atoms with Gasteiger partial charge in [-0.15, -0.1) is 0 Å². The maximum atomic E-state index is 11.7. The molecule has 0 radical (unpaired) electrons. The molecule has 0 spiro atoms. The molecule has 2 aromatic carbocycles. The minimum Gasteiger partial charge on any atom is -0.744 e. The molecule has 0 amide bonds. The van der Waals surface area contributed by atoms with E-state index in [1.54, 1.807) is 30.3 Å². The molecule has 0 heterocycles. The standard InChI is InChI=1S/C18H18O8S.3CH4/c19-17(14-6-2-1-3-7-14)24-12-4-5-13-25-26-18(20)15-8-10-16(11-9-15)27(21,22)23;;;/h1-3,6-11H,4-5,12-13H2,(H,21,22,23);3*1H4/p-1. The molecule has 0 fully saturated rings. The van der Waals surface area contributed by atoms with E-state index in [0.717, 1.165) is 24.3 Å². The van der Waals surface area contributed by atoms with E-state index in [4.69, 9.17) is 9.62 Å². The van der Waals surface area contributed by atoms with Crippen LogP contribution in [0.5, 0.6) is 0 Å². The van der Waals surface area contributed by atoms with Crippen molar-refractivity contribution in [2.75, 3.05) is 13.2 Å². The number of unbranched alkanes of at least 4 members (excludes halogenated alkanes) is 1. The van der Waals surface area contributed by atoms with Crippen LogP contribution in [0.15, 0.2) is 59.5 Å². The van der Waals surface area contributed by atoms with Crippen molar-refractivity contribution < 1.29 is 37.1 Å². The van der Waals surface area contributed by atoms with Gasteiger partial charge in [-0.05, 0) is 49.2 Å². The lowest BCUT2D eigenvalue weighted by atomic mass is 10.2. The van der Waals surface area contributed by atoms with Gasteiger partial charge in [0, 0.05) is 0 Å². The average molecular weight is 442 g/mol. The fourth-order valence-electron chi connectivity index (χ4n) is 1.99. The van der Waals surface area contributed by atoms with Gasteiger partial charge < -0.3 is 9.29 Å². The zero-order valence-electron chi connectivity index (χ0n) is 14.2. The fourth-order valence-corrected chi connectivity index (χ4v) is 2.46. The van der Waals surface area contributed by atoms with E-state index in [1.807, 2.05) is 0 Å². The van der Waals surface area contributed by atoms with Crippen molar-refractivity contribution in [2.45, 2.75) is 40.0 Å². The Hall–Kier alpha value is -2.75. The van der Waals surface area contributed by atoms with Crippen molar-refractivity contribution in [2.24, 2.45) is 0 Å². The largest absolute Gasteiger partial charge is 0.744 e. The van der Waals surface area contributed by atoms with E-state index >= 15 is 0 Å². The lowest BCUT2D eigenvalue weighted by Gasteiger charge is -2.08. The summed E-state index contributed by atoms with van der Waals surface area (Å²) in [6, 6.07) is 12.9. The zero-order chi connectivity index (χ0) is 19.7. The third-order valence-electron chi connectivity index (χ3n) is 3.38. The van der Waals surface area contributed by atoms with Crippen LogP contribution in [0, 0.1) is 0 Å². The van der Waals surface area contributed by atoms with Crippen molar-refractivity contribution >= 4 is 22.1 Å². The molecule has 0 saturated carbocycles. The molecular formula is C21H29O8S-. The summed E-state index contributed by atoms with van der Waals surface area (Å²) in [5.74, 6) is -1.23. The summed E-state index contributed by atoms with van der Waals surface area (Å²) in [4.78, 5) is 32.3. The van der Waals surface area contributed by atoms with Crippen molar-refractivity contribution in [3.8, 4) is 0 Å². The lowest BCUT2D eigenvalue weighted by Crippen LogP contribution is -2.09. The van der Waals surface area contributed by atoms with Gasteiger partial charge in [-0.2, -0.15) is 4.89 Å². The lowest BCUT2D eigenvalue weighted by molar-refractivity contribution is -0.241. The summed E-state index contributed by atoms with van der Waals surface area (Å²) in [7, 11) is -4.57. The van der Waals surface area contributed by atoms with Gasteiger partial charge in [0.25, 0.3) is 0 Å². The molecule has 0 aliphatic rings. The van der Waals surface area contributed by atoms with Crippen molar-refractivity contribution in [3.05, 3.63) is 65.7 Å². The summed E-state index contributed by atoms with van der Waals surface area (Å²) >= 11 is 0. The molecule has 2 rings (SSSR count). The Morgan fingerprint density at radius 3 is 1.87 bits per heavy atom. The van der Waals surface area contributed by atoms with Gasteiger partial charge in [-0.1, -0.05) is 40.5 Å². The minimum absolute atomic E-state index is 0. The molecule has 0 N–H and O–H groups in total. The number of esters is 1. The van der Waals surface area contributed by atoms with Crippen LogP contribution >= 0.6 is 0 Å². The number of carbonyl (C=O) groups excluding carboxylic acids is 2. The summed E-state index contributed by atoms with van der Waals surface area (Å²) in [5.41, 5.74) is 0.512. The zero-order valence-corrected chi connectivity index (χ0v) is 15.0. The van der Waals surface area contributed by atoms with Crippen LogP contribution in [0.2, 0.25) is 0 Å². The molecule has 0 aliphatic heterocycles. The summed E-state index contributed by atoms with van der Waals surface area (Å²) < 4.78 is 37.5. The first-order chi connectivity index (χ1) is 12.9. The number of ether oxygens (including phenoxy) is 1. The Balaban J connectivity index is 0. The molecule has 8 nitrogen and oxygen atoms in total. The van der Waals surface area contributed by atoms with Gasteiger partial charge in [0.05, 0.1) is 29.2 Å². The predicted octanol–water partition coefficient (Wildman–Crippen LogP) is 4.22. The summed E-state index contributed by atoms with van der Waals surface area (Å²) in [5, 5.41) is 0. The number of benzene rings is 2. The van der Waals surface area contributed by atoms with E-state index in [1.165, 1.54) is 0 Å². The second-order valence-electron chi connectivity index (χ2n) is 5.38. The van der Waals surface area contributed by atoms with Crippen molar-refractivity contribution in [3.63, 3.8) is 0 Å². The highest BCUT2D eigenvalue weighted by atomic mass is 32.2.